The number of carbonyl (C=O) groups is 1. The smallest absolute Gasteiger partial charge is 0.281 e. The summed E-state index contributed by atoms with van der Waals surface area (Å²) in [6, 6.07) is 0.586. The van der Waals surface area contributed by atoms with Crippen molar-refractivity contribution in [3.05, 3.63) is 0 Å². The van der Waals surface area contributed by atoms with Gasteiger partial charge in [0, 0.05) is 6.04 Å². The van der Waals surface area contributed by atoms with Gasteiger partial charge in [-0.1, -0.05) is 13.3 Å². The van der Waals surface area contributed by atoms with E-state index < -0.39 is 0 Å². The highest BCUT2D eigenvalue weighted by Crippen LogP contribution is 2.15. The second-order valence-electron chi connectivity index (χ2n) is 3.12. The van der Waals surface area contributed by atoms with Crippen LogP contribution in [0.15, 0.2) is 0 Å². The van der Waals surface area contributed by atoms with Gasteiger partial charge in [-0.2, -0.15) is 0 Å². The average Bonchev–Trinajstić information content (AvgIpc) is 2.06. The van der Waals surface area contributed by atoms with Crippen molar-refractivity contribution in [3.8, 4) is 0 Å². The lowest BCUT2D eigenvalue weighted by atomic mass is 10.2. The lowest BCUT2D eigenvalue weighted by molar-refractivity contribution is 0.206. The fraction of sp³-hybridized carbons (Fsp3) is 0.875. The third-order valence-electron chi connectivity index (χ3n) is 2.12. The first-order valence-corrected chi connectivity index (χ1v) is 5.37. The second kappa shape index (κ2) is 4.72. The summed E-state index contributed by atoms with van der Waals surface area (Å²) in [5.74, 6) is 0.840. The van der Waals surface area contributed by atoms with E-state index in [2.05, 4.69) is 24.1 Å². The standard InChI is InChI=1S/C8H16N2OS/c1-3-4-7(2)10-5-9-8(11)12-6-10/h7H,3-6H2,1-2H3,(H,9,11). The molecule has 0 aliphatic carbocycles. The lowest BCUT2D eigenvalue weighted by Crippen LogP contribution is -2.45. The zero-order chi connectivity index (χ0) is 8.97. The van der Waals surface area contributed by atoms with E-state index in [1.54, 1.807) is 0 Å². The molecule has 0 radical (unpaired) electrons. The summed E-state index contributed by atoms with van der Waals surface area (Å²) in [4.78, 5) is 13.1. The molecule has 4 heteroatoms. The number of nitrogens with one attached hydrogen (secondary N) is 1. The minimum Gasteiger partial charge on any atom is -0.334 e. The minimum absolute atomic E-state index is 0.106. The van der Waals surface area contributed by atoms with Crippen molar-refractivity contribution in [2.24, 2.45) is 0 Å². The molecular weight excluding hydrogens is 172 g/mol. The van der Waals surface area contributed by atoms with Crippen LogP contribution in [0.1, 0.15) is 26.7 Å². The molecular formula is C8H16N2OS. The van der Waals surface area contributed by atoms with Crippen LogP contribution in [-0.4, -0.2) is 28.7 Å². The molecule has 1 saturated heterocycles. The normalized spacial score (nSPS) is 22.0. The molecule has 0 aromatic rings. The highest BCUT2D eigenvalue weighted by molar-refractivity contribution is 8.13. The molecule has 0 aromatic heterocycles. The molecule has 3 nitrogen and oxygen atoms in total. The highest BCUT2D eigenvalue weighted by atomic mass is 32.2. The molecule has 1 aliphatic rings. The summed E-state index contributed by atoms with van der Waals surface area (Å²) in [7, 11) is 0. The molecule has 1 aliphatic heterocycles. The van der Waals surface area contributed by atoms with E-state index in [-0.39, 0.29) is 5.24 Å². The Labute approximate surface area is 77.9 Å². The minimum atomic E-state index is 0.106. The average molecular weight is 188 g/mol. The highest BCUT2D eigenvalue weighted by Gasteiger charge is 2.19. The Bertz CT molecular complexity index is 153. The molecule has 1 amide bonds. The van der Waals surface area contributed by atoms with Crippen LogP contribution in [0.4, 0.5) is 4.79 Å². The largest absolute Gasteiger partial charge is 0.334 e. The van der Waals surface area contributed by atoms with Gasteiger partial charge >= 0.3 is 0 Å². The summed E-state index contributed by atoms with van der Waals surface area (Å²) in [6.07, 6.45) is 2.41. The van der Waals surface area contributed by atoms with E-state index in [1.807, 2.05) is 0 Å². The predicted octanol–water partition coefficient (Wildman–Crippen LogP) is 1.85. The van der Waals surface area contributed by atoms with Gasteiger partial charge in [-0.25, -0.2) is 0 Å². The number of amides is 1. The number of nitrogens with zero attached hydrogens (tertiary/aromatic N) is 1. The molecule has 0 saturated carbocycles. The molecule has 1 heterocycles. The van der Waals surface area contributed by atoms with Gasteiger partial charge in [0.25, 0.3) is 5.24 Å². The summed E-state index contributed by atoms with van der Waals surface area (Å²) in [5, 5.41) is 2.93. The van der Waals surface area contributed by atoms with Crippen molar-refractivity contribution < 1.29 is 4.79 Å². The third-order valence-corrected chi connectivity index (χ3v) is 2.99. The maximum absolute atomic E-state index is 10.8. The van der Waals surface area contributed by atoms with Crippen molar-refractivity contribution in [1.29, 1.82) is 0 Å². The van der Waals surface area contributed by atoms with Gasteiger partial charge in [0.05, 0.1) is 12.5 Å². The fourth-order valence-corrected chi connectivity index (χ4v) is 2.08. The molecule has 12 heavy (non-hydrogen) atoms. The van der Waals surface area contributed by atoms with Crippen LogP contribution in [0.5, 0.6) is 0 Å². The number of hydrogen-bond donors (Lipinski definition) is 1. The second-order valence-corrected chi connectivity index (χ2v) is 4.04. The SMILES string of the molecule is CCCC(C)N1CNC(=O)SC1. The van der Waals surface area contributed by atoms with Crippen LogP contribution in [0.3, 0.4) is 0 Å². The molecule has 1 N–H and O–H groups in total. The van der Waals surface area contributed by atoms with E-state index in [0.717, 1.165) is 5.88 Å². The maximum Gasteiger partial charge on any atom is 0.281 e. The molecule has 1 fully saturated rings. The van der Waals surface area contributed by atoms with E-state index >= 15 is 0 Å². The number of rotatable bonds is 3. The topological polar surface area (TPSA) is 32.3 Å². The monoisotopic (exact) mass is 188 g/mol. The Morgan fingerprint density at radius 1 is 1.75 bits per heavy atom. The van der Waals surface area contributed by atoms with Crippen LogP contribution in [0, 0.1) is 0 Å². The van der Waals surface area contributed by atoms with Crippen molar-refractivity contribution in [3.63, 3.8) is 0 Å². The van der Waals surface area contributed by atoms with Crippen LogP contribution in [0.25, 0.3) is 0 Å². The summed E-state index contributed by atoms with van der Waals surface area (Å²) in [6.45, 7) is 5.11. The van der Waals surface area contributed by atoms with Crippen molar-refractivity contribution in [1.82, 2.24) is 10.2 Å². The van der Waals surface area contributed by atoms with Crippen LogP contribution in [-0.2, 0) is 0 Å². The first-order chi connectivity index (χ1) is 5.74. The summed E-state index contributed by atoms with van der Waals surface area (Å²) < 4.78 is 0. The first kappa shape index (κ1) is 9.86. The Balaban J connectivity index is 2.28. The first-order valence-electron chi connectivity index (χ1n) is 4.38. The zero-order valence-electron chi connectivity index (χ0n) is 7.67. The van der Waals surface area contributed by atoms with Crippen LogP contribution >= 0.6 is 11.8 Å². The Morgan fingerprint density at radius 3 is 3.00 bits per heavy atom. The third kappa shape index (κ3) is 2.68. The molecule has 70 valence electrons. The predicted molar refractivity (Wildman–Crippen MR) is 52.1 cm³/mol. The summed E-state index contributed by atoms with van der Waals surface area (Å²) >= 11 is 1.36. The van der Waals surface area contributed by atoms with E-state index in [0.29, 0.717) is 12.7 Å². The quantitative estimate of drug-likeness (QED) is 0.733. The van der Waals surface area contributed by atoms with E-state index in [9.17, 15) is 4.79 Å². The van der Waals surface area contributed by atoms with Gasteiger partial charge in [-0.05, 0) is 25.1 Å². The molecule has 0 spiro atoms. The van der Waals surface area contributed by atoms with Crippen LogP contribution in [0.2, 0.25) is 0 Å². The maximum atomic E-state index is 10.8. The lowest BCUT2D eigenvalue weighted by Gasteiger charge is -2.31. The molecule has 1 unspecified atom stereocenters. The van der Waals surface area contributed by atoms with Gasteiger partial charge < -0.3 is 5.32 Å². The Morgan fingerprint density at radius 2 is 2.50 bits per heavy atom. The molecule has 1 rings (SSSR count). The van der Waals surface area contributed by atoms with Crippen molar-refractivity contribution in [2.75, 3.05) is 12.5 Å². The fourth-order valence-electron chi connectivity index (χ4n) is 1.29. The Kier molecular flexibility index (Phi) is 3.88. The van der Waals surface area contributed by atoms with Gasteiger partial charge in [-0.15, -0.1) is 0 Å². The number of thioether (sulfide) groups is 1. The molecule has 1 atom stereocenters. The van der Waals surface area contributed by atoms with E-state index in [4.69, 9.17) is 0 Å². The van der Waals surface area contributed by atoms with Crippen molar-refractivity contribution >= 4 is 17.0 Å². The molecule has 0 bridgehead atoms. The Hall–Kier alpha value is -0.220. The number of hydrogen-bond acceptors (Lipinski definition) is 3. The molecule has 0 aromatic carbocycles. The van der Waals surface area contributed by atoms with Crippen LogP contribution < -0.4 is 5.32 Å². The van der Waals surface area contributed by atoms with Gasteiger partial charge in [0.15, 0.2) is 0 Å². The van der Waals surface area contributed by atoms with Gasteiger partial charge in [0.2, 0.25) is 0 Å². The number of carbonyl (C=O) groups excluding carboxylic acids is 1. The van der Waals surface area contributed by atoms with Gasteiger partial charge in [-0.3, -0.25) is 9.69 Å². The summed E-state index contributed by atoms with van der Waals surface area (Å²) in [5.41, 5.74) is 0. The van der Waals surface area contributed by atoms with Crippen molar-refractivity contribution in [2.45, 2.75) is 32.7 Å². The van der Waals surface area contributed by atoms with E-state index in [1.165, 1.54) is 24.6 Å². The van der Waals surface area contributed by atoms with Gasteiger partial charge in [0.1, 0.15) is 0 Å². The zero-order valence-corrected chi connectivity index (χ0v) is 8.49.